The Kier molecular flexibility index (Phi) is 4.55. The standard InChI is InChI=1S/C13H25NO3/c1-9(12(16)17-13(2,3)4)14(5)8-11(15)10-6-7-10/h9-11,15H,6-8H2,1-5H3. The first-order valence-electron chi connectivity index (χ1n) is 6.32. The molecule has 0 heterocycles. The summed E-state index contributed by atoms with van der Waals surface area (Å²) in [4.78, 5) is 13.7. The number of esters is 1. The van der Waals surface area contributed by atoms with E-state index in [2.05, 4.69) is 0 Å². The van der Waals surface area contributed by atoms with Crippen LogP contribution in [-0.2, 0) is 9.53 Å². The molecule has 1 fully saturated rings. The second kappa shape index (κ2) is 5.36. The monoisotopic (exact) mass is 243 g/mol. The highest BCUT2D eigenvalue weighted by Gasteiger charge is 2.32. The average Bonchev–Trinajstić information content (AvgIpc) is 2.96. The maximum Gasteiger partial charge on any atom is 0.323 e. The third kappa shape index (κ3) is 5.04. The van der Waals surface area contributed by atoms with Crippen LogP contribution in [0.15, 0.2) is 0 Å². The maximum atomic E-state index is 11.8. The lowest BCUT2D eigenvalue weighted by Crippen LogP contribution is -2.43. The van der Waals surface area contributed by atoms with E-state index in [1.807, 2.05) is 39.6 Å². The summed E-state index contributed by atoms with van der Waals surface area (Å²) >= 11 is 0. The van der Waals surface area contributed by atoms with Crippen LogP contribution in [0.3, 0.4) is 0 Å². The number of rotatable bonds is 5. The number of carbonyl (C=O) groups is 1. The molecule has 1 saturated carbocycles. The van der Waals surface area contributed by atoms with E-state index >= 15 is 0 Å². The molecule has 0 radical (unpaired) electrons. The molecule has 17 heavy (non-hydrogen) atoms. The van der Waals surface area contributed by atoms with Gasteiger partial charge in [0.05, 0.1) is 6.10 Å². The van der Waals surface area contributed by atoms with Gasteiger partial charge in [0.2, 0.25) is 0 Å². The lowest BCUT2D eigenvalue weighted by atomic mass is 10.1. The Balaban J connectivity index is 2.39. The third-order valence-electron chi connectivity index (χ3n) is 3.05. The minimum Gasteiger partial charge on any atom is -0.459 e. The predicted octanol–water partition coefficient (Wildman–Crippen LogP) is 1.42. The van der Waals surface area contributed by atoms with Gasteiger partial charge < -0.3 is 9.84 Å². The van der Waals surface area contributed by atoms with Crippen molar-refractivity contribution in [3.05, 3.63) is 0 Å². The van der Waals surface area contributed by atoms with Gasteiger partial charge in [-0.25, -0.2) is 0 Å². The van der Waals surface area contributed by atoms with Crippen LogP contribution < -0.4 is 0 Å². The number of ether oxygens (including phenoxy) is 1. The van der Waals surface area contributed by atoms with E-state index in [9.17, 15) is 9.90 Å². The fraction of sp³-hybridized carbons (Fsp3) is 0.923. The van der Waals surface area contributed by atoms with Crippen LogP contribution in [0, 0.1) is 5.92 Å². The largest absolute Gasteiger partial charge is 0.459 e. The van der Waals surface area contributed by atoms with Crippen molar-refractivity contribution in [2.45, 2.75) is 58.3 Å². The molecule has 1 rings (SSSR count). The van der Waals surface area contributed by atoms with Crippen LogP contribution in [0.25, 0.3) is 0 Å². The normalized spacial score (nSPS) is 20.2. The minimum atomic E-state index is -0.457. The van der Waals surface area contributed by atoms with Crippen molar-refractivity contribution >= 4 is 5.97 Å². The summed E-state index contributed by atoms with van der Waals surface area (Å²) in [6.45, 7) is 7.92. The summed E-state index contributed by atoms with van der Waals surface area (Å²) in [5.41, 5.74) is -0.457. The fourth-order valence-corrected chi connectivity index (χ4v) is 1.65. The van der Waals surface area contributed by atoms with E-state index in [1.165, 1.54) is 0 Å². The predicted molar refractivity (Wildman–Crippen MR) is 66.7 cm³/mol. The molecule has 100 valence electrons. The van der Waals surface area contributed by atoms with Gasteiger partial charge in [-0.05, 0) is 53.5 Å². The summed E-state index contributed by atoms with van der Waals surface area (Å²) in [6, 6.07) is -0.317. The Morgan fingerprint density at radius 2 is 2.00 bits per heavy atom. The van der Waals surface area contributed by atoms with E-state index in [0.29, 0.717) is 12.5 Å². The molecule has 1 aliphatic rings. The number of hydrogen-bond acceptors (Lipinski definition) is 4. The third-order valence-corrected chi connectivity index (χ3v) is 3.05. The zero-order chi connectivity index (χ0) is 13.2. The molecule has 0 aliphatic heterocycles. The highest BCUT2D eigenvalue weighted by atomic mass is 16.6. The molecule has 0 bridgehead atoms. The summed E-state index contributed by atoms with van der Waals surface area (Å²) in [5, 5.41) is 9.83. The van der Waals surface area contributed by atoms with Crippen molar-refractivity contribution in [3.63, 3.8) is 0 Å². The molecule has 0 aromatic heterocycles. The number of hydrogen-bond donors (Lipinski definition) is 1. The SMILES string of the molecule is CC(C(=O)OC(C)(C)C)N(C)CC(O)C1CC1. The van der Waals surface area contributed by atoms with Crippen molar-refractivity contribution in [2.24, 2.45) is 5.92 Å². The van der Waals surface area contributed by atoms with Crippen molar-refractivity contribution in [1.29, 1.82) is 0 Å². The zero-order valence-corrected chi connectivity index (χ0v) is 11.6. The molecule has 0 aromatic carbocycles. The van der Waals surface area contributed by atoms with Gasteiger partial charge in [0.15, 0.2) is 0 Å². The van der Waals surface area contributed by atoms with E-state index < -0.39 is 5.60 Å². The van der Waals surface area contributed by atoms with Crippen LogP contribution >= 0.6 is 0 Å². The van der Waals surface area contributed by atoms with Gasteiger partial charge in [-0.2, -0.15) is 0 Å². The maximum absolute atomic E-state index is 11.8. The first-order chi connectivity index (χ1) is 7.70. The number of nitrogens with zero attached hydrogens (tertiary/aromatic N) is 1. The molecule has 2 atom stereocenters. The van der Waals surface area contributed by atoms with E-state index in [-0.39, 0.29) is 18.1 Å². The minimum absolute atomic E-state index is 0.233. The topological polar surface area (TPSA) is 49.8 Å². The van der Waals surface area contributed by atoms with Gasteiger partial charge >= 0.3 is 5.97 Å². The molecule has 0 amide bonds. The fourth-order valence-electron chi connectivity index (χ4n) is 1.65. The Labute approximate surface area is 104 Å². The van der Waals surface area contributed by atoms with E-state index in [4.69, 9.17) is 4.74 Å². The van der Waals surface area contributed by atoms with Gasteiger partial charge in [-0.3, -0.25) is 9.69 Å². The van der Waals surface area contributed by atoms with E-state index in [1.54, 1.807) is 0 Å². The summed E-state index contributed by atoms with van der Waals surface area (Å²) in [7, 11) is 1.85. The lowest BCUT2D eigenvalue weighted by molar-refractivity contribution is -0.160. The smallest absolute Gasteiger partial charge is 0.323 e. The average molecular weight is 243 g/mol. The van der Waals surface area contributed by atoms with E-state index in [0.717, 1.165) is 12.8 Å². The van der Waals surface area contributed by atoms with Crippen LogP contribution in [0.5, 0.6) is 0 Å². The number of aliphatic hydroxyl groups is 1. The highest BCUT2D eigenvalue weighted by molar-refractivity contribution is 5.75. The van der Waals surface area contributed by atoms with Crippen molar-refractivity contribution in [1.82, 2.24) is 4.90 Å². The molecular weight excluding hydrogens is 218 g/mol. The quantitative estimate of drug-likeness (QED) is 0.742. The molecule has 0 saturated heterocycles. The van der Waals surface area contributed by atoms with Crippen molar-refractivity contribution in [2.75, 3.05) is 13.6 Å². The molecule has 1 aliphatic carbocycles. The second-order valence-corrected chi connectivity index (χ2v) is 6.05. The van der Waals surface area contributed by atoms with Crippen LogP contribution in [-0.4, -0.2) is 47.3 Å². The summed E-state index contributed by atoms with van der Waals surface area (Å²) in [6.07, 6.45) is 1.90. The van der Waals surface area contributed by atoms with Crippen molar-refractivity contribution in [3.8, 4) is 0 Å². The Morgan fingerprint density at radius 3 is 2.41 bits per heavy atom. The molecule has 4 nitrogen and oxygen atoms in total. The molecule has 4 heteroatoms. The van der Waals surface area contributed by atoms with Crippen LogP contribution in [0.1, 0.15) is 40.5 Å². The number of carbonyl (C=O) groups excluding carboxylic acids is 1. The van der Waals surface area contributed by atoms with Gasteiger partial charge in [0.25, 0.3) is 0 Å². The van der Waals surface area contributed by atoms with Crippen molar-refractivity contribution < 1.29 is 14.6 Å². The molecule has 1 N–H and O–H groups in total. The molecule has 0 spiro atoms. The van der Waals surface area contributed by atoms with Gasteiger partial charge in [0.1, 0.15) is 11.6 Å². The zero-order valence-electron chi connectivity index (χ0n) is 11.6. The number of likely N-dealkylation sites (N-methyl/N-ethyl adjacent to an activating group) is 1. The summed E-state index contributed by atoms with van der Waals surface area (Å²) < 4.78 is 5.32. The van der Waals surface area contributed by atoms with Gasteiger partial charge in [-0.1, -0.05) is 0 Å². The molecule has 2 unspecified atom stereocenters. The highest BCUT2D eigenvalue weighted by Crippen LogP contribution is 2.32. The van der Waals surface area contributed by atoms with Gasteiger partial charge in [0, 0.05) is 6.54 Å². The van der Waals surface area contributed by atoms with Crippen LogP contribution in [0.2, 0.25) is 0 Å². The summed E-state index contributed by atoms with van der Waals surface area (Å²) in [5.74, 6) is 0.200. The Hall–Kier alpha value is -0.610. The van der Waals surface area contributed by atoms with Crippen LogP contribution in [0.4, 0.5) is 0 Å². The van der Waals surface area contributed by atoms with Gasteiger partial charge in [-0.15, -0.1) is 0 Å². The second-order valence-electron chi connectivity index (χ2n) is 6.05. The molecule has 0 aromatic rings. The lowest BCUT2D eigenvalue weighted by Gasteiger charge is -2.28. The molecular formula is C13H25NO3. The number of aliphatic hydroxyl groups excluding tert-OH is 1. The first-order valence-corrected chi connectivity index (χ1v) is 6.32. The Morgan fingerprint density at radius 1 is 1.47 bits per heavy atom. The first kappa shape index (κ1) is 14.5. The Bertz CT molecular complexity index is 268.